The Kier molecular flexibility index (Phi) is 7.49. The predicted octanol–water partition coefficient (Wildman–Crippen LogP) is 4.32. The number of amides is 1. The van der Waals surface area contributed by atoms with E-state index in [0.29, 0.717) is 29.2 Å². The molecule has 2 aromatic carbocycles. The van der Waals surface area contributed by atoms with E-state index < -0.39 is 12.1 Å². The Morgan fingerprint density at radius 2 is 1.85 bits per heavy atom. The van der Waals surface area contributed by atoms with Gasteiger partial charge in [0.1, 0.15) is 11.5 Å². The summed E-state index contributed by atoms with van der Waals surface area (Å²) >= 11 is 6.19. The van der Waals surface area contributed by atoms with Crippen molar-refractivity contribution in [3.05, 3.63) is 53.1 Å². The summed E-state index contributed by atoms with van der Waals surface area (Å²) in [7, 11) is 1.56. The molecule has 0 spiro atoms. The van der Waals surface area contributed by atoms with Gasteiger partial charge in [-0.1, -0.05) is 24.6 Å². The third-order valence-electron chi connectivity index (χ3n) is 3.72. The van der Waals surface area contributed by atoms with E-state index in [2.05, 4.69) is 5.32 Å². The van der Waals surface area contributed by atoms with Gasteiger partial charge in [0.25, 0.3) is 5.91 Å². The molecule has 1 N–H and O–H groups in total. The number of benzene rings is 2. The first-order valence-electron chi connectivity index (χ1n) is 8.56. The normalized spacial score (nSPS) is 11.4. The van der Waals surface area contributed by atoms with E-state index >= 15 is 0 Å². The fourth-order valence-corrected chi connectivity index (χ4v) is 2.56. The Labute approximate surface area is 163 Å². The minimum Gasteiger partial charge on any atom is -0.497 e. The molecule has 0 aliphatic rings. The summed E-state index contributed by atoms with van der Waals surface area (Å²) in [5, 5.41) is 2.97. The highest BCUT2D eigenvalue weighted by atomic mass is 35.5. The number of methoxy groups -OCH3 is 1. The summed E-state index contributed by atoms with van der Waals surface area (Å²) in [5.41, 5.74) is 0.710. The zero-order chi connectivity index (χ0) is 19.8. The van der Waals surface area contributed by atoms with E-state index in [1.807, 2.05) is 6.92 Å². The molecule has 2 rings (SSSR count). The van der Waals surface area contributed by atoms with Crippen LogP contribution in [0.2, 0.25) is 5.02 Å². The Morgan fingerprint density at radius 3 is 2.48 bits per heavy atom. The smallest absolute Gasteiger partial charge is 0.338 e. The minimum atomic E-state index is -0.710. The highest BCUT2D eigenvalue weighted by molar-refractivity contribution is 6.34. The molecule has 2 aromatic rings. The Bertz CT molecular complexity index is 809. The quantitative estimate of drug-likeness (QED) is 0.678. The fraction of sp³-hybridized carbons (Fsp3) is 0.300. The molecule has 0 aliphatic carbocycles. The molecular weight excluding hydrogens is 370 g/mol. The summed E-state index contributed by atoms with van der Waals surface area (Å²) in [6.07, 6.45) is -0.250. The number of hydrogen-bond acceptors (Lipinski definition) is 5. The lowest BCUT2D eigenvalue weighted by molar-refractivity contribution is -0.122. The van der Waals surface area contributed by atoms with Crippen LogP contribution < -0.4 is 14.8 Å². The molecule has 7 heteroatoms. The maximum atomic E-state index is 12.6. The summed E-state index contributed by atoms with van der Waals surface area (Å²) < 4.78 is 15.8. The van der Waals surface area contributed by atoms with Gasteiger partial charge in [-0.15, -0.1) is 0 Å². The van der Waals surface area contributed by atoms with E-state index in [0.717, 1.165) is 0 Å². The third-order valence-corrected chi connectivity index (χ3v) is 4.03. The molecule has 0 saturated carbocycles. The second-order valence-corrected chi connectivity index (χ2v) is 6.01. The second-order valence-electron chi connectivity index (χ2n) is 5.60. The molecule has 0 fully saturated rings. The van der Waals surface area contributed by atoms with Crippen LogP contribution in [-0.4, -0.2) is 31.7 Å². The lowest BCUT2D eigenvalue weighted by Gasteiger charge is -2.18. The van der Waals surface area contributed by atoms with Crippen molar-refractivity contribution in [1.82, 2.24) is 0 Å². The van der Waals surface area contributed by atoms with Gasteiger partial charge in [0.05, 0.1) is 30.0 Å². The monoisotopic (exact) mass is 391 g/mol. The van der Waals surface area contributed by atoms with E-state index in [1.54, 1.807) is 50.4 Å². The van der Waals surface area contributed by atoms with Gasteiger partial charge in [-0.3, -0.25) is 4.79 Å². The second kappa shape index (κ2) is 9.83. The Morgan fingerprint density at radius 1 is 1.11 bits per heavy atom. The van der Waals surface area contributed by atoms with Gasteiger partial charge in [-0.2, -0.15) is 0 Å². The van der Waals surface area contributed by atoms with Gasteiger partial charge in [-0.05, 0) is 43.7 Å². The molecule has 0 aromatic heterocycles. The number of hydrogen-bond donors (Lipinski definition) is 1. The fourth-order valence-electron chi connectivity index (χ4n) is 2.33. The van der Waals surface area contributed by atoms with Crippen LogP contribution in [-0.2, 0) is 9.53 Å². The van der Waals surface area contributed by atoms with Crippen molar-refractivity contribution in [3.8, 4) is 11.5 Å². The van der Waals surface area contributed by atoms with Crippen LogP contribution in [0.15, 0.2) is 42.5 Å². The van der Waals surface area contributed by atoms with Crippen molar-refractivity contribution < 1.29 is 23.8 Å². The van der Waals surface area contributed by atoms with Gasteiger partial charge in [0.2, 0.25) is 0 Å². The van der Waals surface area contributed by atoms with Crippen LogP contribution in [0.5, 0.6) is 11.5 Å². The van der Waals surface area contributed by atoms with Gasteiger partial charge in [0.15, 0.2) is 6.10 Å². The Balaban J connectivity index is 2.08. The first-order valence-corrected chi connectivity index (χ1v) is 8.94. The molecular formula is C20H22ClNO5. The zero-order valence-electron chi connectivity index (χ0n) is 15.5. The minimum absolute atomic E-state index is 0.241. The van der Waals surface area contributed by atoms with Crippen LogP contribution >= 0.6 is 11.6 Å². The first kappa shape index (κ1) is 20.6. The zero-order valence-corrected chi connectivity index (χ0v) is 16.2. The molecule has 144 valence electrons. The number of nitrogens with one attached hydrogen (secondary N) is 1. The number of rotatable bonds is 8. The average Bonchev–Trinajstić information content (AvgIpc) is 2.67. The van der Waals surface area contributed by atoms with Gasteiger partial charge < -0.3 is 19.5 Å². The summed E-state index contributed by atoms with van der Waals surface area (Å²) in [5.74, 6) is 0.358. The van der Waals surface area contributed by atoms with E-state index in [9.17, 15) is 9.59 Å². The number of carbonyl (C=O) groups excluding carboxylic acids is 2. The first-order chi connectivity index (χ1) is 13.0. The highest BCUT2D eigenvalue weighted by Crippen LogP contribution is 2.25. The molecule has 6 nitrogen and oxygen atoms in total. The lowest BCUT2D eigenvalue weighted by atomic mass is 10.2. The maximum Gasteiger partial charge on any atom is 0.338 e. The van der Waals surface area contributed by atoms with Crippen molar-refractivity contribution in [2.45, 2.75) is 26.4 Å². The number of ether oxygens (including phenoxy) is 3. The molecule has 0 heterocycles. The molecule has 0 aliphatic heterocycles. The van der Waals surface area contributed by atoms with Crippen molar-refractivity contribution in [2.24, 2.45) is 0 Å². The van der Waals surface area contributed by atoms with E-state index in [1.165, 1.54) is 6.07 Å². The SMILES string of the molecule is CCOC(=O)c1ccc(NC(=O)[C@H](CC)Oc2cccc(OC)c2)c(Cl)c1. The maximum absolute atomic E-state index is 12.6. The highest BCUT2D eigenvalue weighted by Gasteiger charge is 2.20. The lowest BCUT2D eigenvalue weighted by Crippen LogP contribution is -2.32. The molecule has 1 amide bonds. The van der Waals surface area contributed by atoms with Crippen LogP contribution in [0, 0.1) is 0 Å². The van der Waals surface area contributed by atoms with Crippen molar-refractivity contribution >= 4 is 29.2 Å². The summed E-state index contributed by atoms with van der Waals surface area (Å²) in [4.78, 5) is 24.3. The molecule has 27 heavy (non-hydrogen) atoms. The van der Waals surface area contributed by atoms with Crippen LogP contribution in [0.25, 0.3) is 0 Å². The average molecular weight is 392 g/mol. The molecule has 0 bridgehead atoms. The topological polar surface area (TPSA) is 73.9 Å². The van der Waals surface area contributed by atoms with E-state index in [-0.39, 0.29) is 17.5 Å². The molecule has 0 radical (unpaired) electrons. The van der Waals surface area contributed by atoms with Gasteiger partial charge >= 0.3 is 5.97 Å². The van der Waals surface area contributed by atoms with Crippen LogP contribution in [0.3, 0.4) is 0 Å². The van der Waals surface area contributed by atoms with Crippen molar-refractivity contribution in [3.63, 3.8) is 0 Å². The number of esters is 1. The largest absolute Gasteiger partial charge is 0.497 e. The predicted molar refractivity (Wildman–Crippen MR) is 104 cm³/mol. The molecule has 0 unspecified atom stereocenters. The van der Waals surface area contributed by atoms with E-state index in [4.69, 9.17) is 25.8 Å². The third kappa shape index (κ3) is 5.62. The standard InChI is InChI=1S/C20H22ClNO5/c1-4-18(27-15-8-6-7-14(12-15)25-3)19(23)22-17-10-9-13(11-16(17)21)20(24)26-5-2/h6-12,18H,4-5H2,1-3H3,(H,22,23)/t18-/m0/s1. The van der Waals surface area contributed by atoms with Crippen LogP contribution in [0.4, 0.5) is 5.69 Å². The molecule has 0 saturated heterocycles. The van der Waals surface area contributed by atoms with Crippen molar-refractivity contribution in [1.29, 1.82) is 0 Å². The Hall–Kier alpha value is -2.73. The van der Waals surface area contributed by atoms with Gasteiger partial charge in [-0.25, -0.2) is 4.79 Å². The van der Waals surface area contributed by atoms with Gasteiger partial charge in [0, 0.05) is 6.07 Å². The van der Waals surface area contributed by atoms with Crippen molar-refractivity contribution in [2.75, 3.05) is 19.0 Å². The summed E-state index contributed by atoms with van der Waals surface area (Å²) in [6, 6.07) is 11.6. The number of carbonyl (C=O) groups is 2. The summed E-state index contributed by atoms with van der Waals surface area (Å²) in [6.45, 7) is 3.84. The molecule has 1 atom stereocenters. The number of halogens is 1. The van der Waals surface area contributed by atoms with Crippen LogP contribution in [0.1, 0.15) is 30.6 Å². The number of anilines is 1.